The van der Waals surface area contributed by atoms with E-state index in [9.17, 15) is 31.4 Å². The highest BCUT2D eigenvalue weighted by Crippen LogP contribution is 2.39. The number of rotatable bonds is 5. The third kappa shape index (κ3) is 5.29. The molecule has 6 nitrogen and oxygen atoms in total. The van der Waals surface area contributed by atoms with Crippen molar-refractivity contribution >= 4 is 11.0 Å². The Bertz CT molecular complexity index is 1220. The molecule has 3 atom stereocenters. The first-order valence-electron chi connectivity index (χ1n) is 11.4. The molecule has 0 saturated carbocycles. The number of aliphatic hydroxyl groups is 1. The molecule has 196 valence electrons. The van der Waals surface area contributed by atoms with Crippen molar-refractivity contribution in [3.05, 3.63) is 53.6 Å². The molecule has 0 unspecified atom stereocenters. The average molecular weight is 516 g/mol. The second kappa shape index (κ2) is 9.22. The summed E-state index contributed by atoms with van der Waals surface area (Å²) >= 11 is 0. The molecule has 0 bridgehead atoms. The van der Waals surface area contributed by atoms with Crippen molar-refractivity contribution in [3.63, 3.8) is 0 Å². The fourth-order valence-electron chi connectivity index (χ4n) is 4.73. The summed E-state index contributed by atoms with van der Waals surface area (Å²) in [6.45, 7) is 5.24. The number of halogens is 6. The van der Waals surface area contributed by atoms with Crippen LogP contribution in [-0.4, -0.2) is 38.3 Å². The maximum atomic E-state index is 13.8. The van der Waals surface area contributed by atoms with Crippen molar-refractivity contribution in [2.24, 2.45) is 0 Å². The molecule has 1 aliphatic heterocycles. The van der Waals surface area contributed by atoms with Gasteiger partial charge in [-0.1, -0.05) is 6.07 Å². The van der Waals surface area contributed by atoms with Crippen molar-refractivity contribution in [2.75, 3.05) is 6.61 Å². The first kappa shape index (κ1) is 26.2. The first-order valence-corrected chi connectivity index (χ1v) is 11.4. The summed E-state index contributed by atoms with van der Waals surface area (Å²) in [7, 11) is 0. The number of ether oxygens (including phenoxy) is 1. The maximum Gasteiger partial charge on any atom is 0.433 e. The molecule has 1 saturated heterocycles. The summed E-state index contributed by atoms with van der Waals surface area (Å²) in [5.74, 6) is -0.0244. The molecule has 3 aromatic rings. The van der Waals surface area contributed by atoms with E-state index in [4.69, 9.17) is 4.74 Å². The molecular weight excluding hydrogens is 490 g/mol. The van der Waals surface area contributed by atoms with Gasteiger partial charge in [-0.3, -0.25) is 4.98 Å². The van der Waals surface area contributed by atoms with Gasteiger partial charge in [0.15, 0.2) is 0 Å². The summed E-state index contributed by atoms with van der Waals surface area (Å²) < 4.78 is 87.2. The lowest BCUT2D eigenvalue weighted by molar-refractivity contribution is -0.141. The first-order chi connectivity index (χ1) is 16.7. The van der Waals surface area contributed by atoms with Gasteiger partial charge in [-0.15, -0.1) is 0 Å². The van der Waals surface area contributed by atoms with Crippen LogP contribution < -0.4 is 10.1 Å². The van der Waals surface area contributed by atoms with Crippen molar-refractivity contribution in [1.29, 1.82) is 0 Å². The second-order valence-electron chi connectivity index (χ2n) is 9.53. The quantitative estimate of drug-likeness (QED) is 0.441. The normalized spacial score (nSPS) is 23.4. The summed E-state index contributed by atoms with van der Waals surface area (Å²) in [6.07, 6.45) is -6.57. The number of alkyl halides is 6. The molecule has 2 aromatic heterocycles. The van der Waals surface area contributed by atoms with Gasteiger partial charge in [0.2, 0.25) is 0 Å². The number of hydrogen-bond acceptors (Lipinski definition) is 5. The minimum atomic E-state index is -4.63. The number of hydrogen-bond donors (Lipinski definition) is 2. The Labute approximate surface area is 203 Å². The highest BCUT2D eigenvalue weighted by atomic mass is 19.4. The molecule has 0 aliphatic carbocycles. The van der Waals surface area contributed by atoms with Crippen molar-refractivity contribution in [2.45, 2.75) is 69.7 Å². The predicted octanol–water partition coefficient (Wildman–Crippen LogP) is 5.46. The summed E-state index contributed by atoms with van der Waals surface area (Å²) in [4.78, 5) is 7.55. The zero-order valence-corrected chi connectivity index (χ0v) is 19.8. The third-order valence-electron chi connectivity index (χ3n) is 6.30. The summed E-state index contributed by atoms with van der Waals surface area (Å²) in [5.41, 5.74) is -3.06. The van der Waals surface area contributed by atoms with Gasteiger partial charge in [0, 0.05) is 36.0 Å². The zero-order chi connectivity index (χ0) is 26.5. The van der Waals surface area contributed by atoms with E-state index in [0.717, 1.165) is 18.3 Å². The number of nitrogens with one attached hydrogen (secondary N) is 1. The number of pyridine rings is 1. The van der Waals surface area contributed by atoms with Crippen molar-refractivity contribution < 1.29 is 36.2 Å². The monoisotopic (exact) mass is 516 g/mol. The lowest BCUT2D eigenvalue weighted by atomic mass is 9.79. The fraction of sp³-hybridized carbons (Fsp3) is 0.500. The van der Waals surface area contributed by atoms with Crippen LogP contribution in [0.25, 0.3) is 11.0 Å². The lowest BCUT2D eigenvalue weighted by Crippen LogP contribution is -2.53. The molecule has 1 aromatic carbocycles. The lowest BCUT2D eigenvalue weighted by Gasteiger charge is -2.41. The third-order valence-corrected chi connectivity index (χ3v) is 6.30. The summed E-state index contributed by atoms with van der Waals surface area (Å²) in [6, 6.07) is 3.42. The standard InChI is InChI=1S/C24H26F6N4O2/c1-13(2)34-12-32-19-7-17(6-18(21(19)34)23(25,26)27)36-11-16-9-22(35,8-14(3)33-16)15-4-5-20(31-10-15)24(28,29)30/h4-7,10,12-14,16,33,35H,8-9,11H2,1-3H3/t14-,16-,22-/m0/s1. The Hall–Kier alpha value is -2.86. The van der Waals surface area contributed by atoms with Crippen LogP contribution in [0.2, 0.25) is 0 Å². The molecule has 1 fully saturated rings. The molecule has 4 rings (SSSR count). The van der Waals surface area contributed by atoms with Crippen LogP contribution >= 0.6 is 0 Å². The van der Waals surface area contributed by atoms with Gasteiger partial charge >= 0.3 is 12.4 Å². The summed E-state index contributed by atoms with van der Waals surface area (Å²) in [5, 5.41) is 14.5. The van der Waals surface area contributed by atoms with Crippen LogP contribution in [0.3, 0.4) is 0 Å². The average Bonchev–Trinajstić information content (AvgIpc) is 3.19. The van der Waals surface area contributed by atoms with Crippen LogP contribution in [0.1, 0.15) is 56.5 Å². The van der Waals surface area contributed by atoms with E-state index in [2.05, 4.69) is 15.3 Å². The Balaban J connectivity index is 1.55. The van der Waals surface area contributed by atoms with E-state index in [1.165, 1.54) is 23.0 Å². The van der Waals surface area contributed by atoms with Gasteiger partial charge in [-0.05, 0) is 45.7 Å². The van der Waals surface area contributed by atoms with E-state index in [-0.39, 0.29) is 53.9 Å². The topological polar surface area (TPSA) is 72.2 Å². The smallest absolute Gasteiger partial charge is 0.433 e. The van der Waals surface area contributed by atoms with Crippen LogP contribution in [-0.2, 0) is 18.0 Å². The van der Waals surface area contributed by atoms with Gasteiger partial charge in [0.1, 0.15) is 18.1 Å². The van der Waals surface area contributed by atoms with Crippen LogP contribution in [0.4, 0.5) is 26.3 Å². The number of aromatic nitrogens is 3. The minimum Gasteiger partial charge on any atom is -0.492 e. The molecule has 36 heavy (non-hydrogen) atoms. The van der Waals surface area contributed by atoms with E-state index in [1.54, 1.807) is 20.8 Å². The number of piperidine rings is 1. The van der Waals surface area contributed by atoms with Crippen LogP contribution in [0.15, 0.2) is 36.8 Å². The number of nitrogens with zero attached hydrogens (tertiary/aromatic N) is 3. The molecule has 12 heteroatoms. The Morgan fingerprint density at radius 2 is 1.83 bits per heavy atom. The van der Waals surface area contributed by atoms with Crippen molar-refractivity contribution in [1.82, 2.24) is 19.9 Å². The van der Waals surface area contributed by atoms with Gasteiger partial charge in [0.25, 0.3) is 0 Å². The highest BCUT2D eigenvalue weighted by Gasteiger charge is 2.41. The van der Waals surface area contributed by atoms with E-state index < -0.39 is 35.3 Å². The Kier molecular flexibility index (Phi) is 6.71. The second-order valence-corrected chi connectivity index (χ2v) is 9.53. The highest BCUT2D eigenvalue weighted by molar-refractivity contribution is 5.81. The SMILES string of the molecule is CC(C)n1cnc2cc(OC[C@@H]3C[C@](O)(c4ccc(C(F)(F)F)nc4)C[C@H](C)N3)cc(C(F)(F)F)c21. The van der Waals surface area contributed by atoms with E-state index in [0.29, 0.717) is 0 Å². The molecule has 0 spiro atoms. The largest absolute Gasteiger partial charge is 0.492 e. The maximum absolute atomic E-state index is 13.8. The molecule has 0 amide bonds. The van der Waals surface area contributed by atoms with Crippen LogP contribution in [0.5, 0.6) is 5.75 Å². The van der Waals surface area contributed by atoms with Crippen LogP contribution in [0, 0.1) is 0 Å². The van der Waals surface area contributed by atoms with Gasteiger partial charge < -0.3 is 19.7 Å². The molecule has 1 aliphatic rings. The minimum absolute atomic E-state index is 0.0244. The Morgan fingerprint density at radius 3 is 2.42 bits per heavy atom. The molecule has 2 N–H and O–H groups in total. The fourth-order valence-corrected chi connectivity index (χ4v) is 4.73. The van der Waals surface area contributed by atoms with Gasteiger partial charge in [-0.25, -0.2) is 4.98 Å². The van der Waals surface area contributed by atoms with E-state index in [1.807, 2.05) is 0 Å². The number of imidazole rings is 1. The number of fused-ring (bicyclic) bond motifs is 1. The molecule has 0 radical (unpaired) electrons. The molecule has 3 heterocycles. The van der Waals surface area contributed by atoms with Crippen molar-refractivity contribution in [3.8, 4) is 5.75 Å². The molecular formula is C24H26F6N4O2. The zero-order valence-electron chi connectivity index (χ0n) is 19.8. The number of benzene rings is 1. The predicted molar refractivity (Wildman–Crippen MR) is 119 cm³/mol. The van der Waals surface area contributed by atoms with Gasteiger partial charge in [0.05, 0.1) is 28.5 Å². The van der Waals surface area contributed by atoms with E-state index >= 15 is 0 Å². The van der Waals surface area contributed by atoms with Gasteiger partial charge in [-0.2, -0.15) is 26.3 Å². The Morgan fingerprint density at radius 1 is 1.11 bits per heavy atom.